The van der Waals surface area contributed by atoms with E-state index in [1.165, 1.54) is 11.3 Å². The molecule has 2 rings (SSSR count). The van der Waals surface area contributed by atoms with Crippen molar-refractivity contribution in [2.45, 2.75) is 19.9 Å². The Bertz CT molecular complexity index is 531. The Labute approximate surface area is 103 Å². The van der Waals surface area contributed by atoms with E-state index in [9.17, 15) is 4.79 Å². The molecule has 1 N–H and O–H groups in total. The molecule has 0 aliphatic rings. The van der Waals surface area contributed by atoms with Crippen molar-refractivity contribution in [2.75, 3.05) is 0 Å². The van der Waals surface area contributed by atoms with Gasteiger partial charge in [-0.25, -0.2) is 4.98 Å². The molecule has 0 aliphatic carbocycles. The van der Waals surface area contributed by atoms with Crippen molar-refractivity contribution in [1.82, 2.24) is 20.1 Å². The standard InChI is InChI=1S/C11H14N4OS/c1-7(9-4-12-15(3)5-9)13-11(16)10-6-17-8(2)14-10/h4-7H,1-3H3,(H,13,16). The average molecular weight is 250 g/mol. The van der Waals surface area contributed by atoms with Crippen LogP contribution in [0.15, 0.2) is 17.8 Å². The number of hydrogen-bond donors (Lipinski definition) is 1. The topological polar surface area (TPSA) is 59.8 Å². The first-order valence-corrected chi connectivity index (χ1v) is 6.16. The lowest BCUT2D eigenvalue weighted by Crippen LogP contribution is -2.26. The van der Waals surface area contributed by atoms with Crippen molar-refractivity contribution < 1.29 is 4.79 Å². The molecule has 90 valence electrons. The molecule has 0 saturated carbocycles. The smallest absolute Gasteiger partial charge is 0.271 e. The Kier molecular flexibility index (Phi) is 3.23. The number of carbonyl (C=O) groups excluding carboxylic acids is 1. The van der Waals surface area contributed by atoms with Crippen molar-refractivity contribution >= 4 is 17.2 Å². The van der Waals surface area contributed by atoms with Gasteiger partial charge in [-0.2, -0.15) is 5.10 Å². The van der Waals surface area contributed by atoms with Gasteiger partial charge in [-0.15, -0.1) is 11.3 Å². The van der Waals surface area contributed by atoms with Crippen LogP contribution in [-0.4, -0.2) is 20.7 Å². The predicted octanol–water partition coefficient (Wildman–Crippen LogP) is 1.68. The number of aromatic nitrogens is 3. The lowest BCUT2D eigenvalue weighted by Gasteiger charge is -2.10. The molecular formula is C11H14N4OS. The molecule has 1 atom stereocenters. The highest BCUT2D eigenvalue weighted by Crippen LogP contribution is 2.13. The summed E-state index contributed by atoms with van der Waals surface area (Å²) in [5.74, 6) is -0.147. The Morgan fingerprint density at radius 3 is 2.88 bits per heavy atom. The molecule has 1 amide bonds. The molecular weight excluding hydrogens is 236 g/mol. The summed E-state index contributed by atoms with van der Waals surface area (Å²) >= 11 is 1.47. The normalized spacial score (nSPS) is 12.4. The first-order chi connectivity index (χ1) is 8.06. The van der Waals surface area contributed by atoms with E-state index in [4.69, 9.17) is 0 Å². The summed E-state index contributed by atoms with van der Waals surface area (Å²) in [6.07, 6.45) is 3.63. The number of nitrogens with zero attached hydrogens (tertiary/aromatic N) is 3. The van der Waals surface area contributed by atoms with Gasteiger partial charge < -0.3 is 5.32 Å². The van der Waals surface area contributed by atoms with Crippen LogP contribution < -0.4 is 5.32 Å². The molecule has 2 aromatic rings. The van der Waals surface area contributed by atoms with Crippen LogP contribution in [0.1, 0.15) is 34.0 Å². The Morgan fingerprint density at radius 1 is 1.59 bits per heavy atom. The van der Waals surface area contributed by atoms with Gasteiger partial charge in [0.2, 0.25) is 0 Å². The summed E-state index contributed by atoms with van der Waals surface area (Å²) in [5.41, 5.74) is 1.45. The summed E-state index contributed by atoms with van der Waals surface area (Å²) in [6, 6.07) is -0.0711. The molecule has 0 aromatic carbocycles. The maximum absolute atomic E-state index is 11.9. The molecule has 0 aliphatic heterocycles. The molecule has 5 nitrogen and oxygen atoms in total. The van der Waals surface area contributed by atoms with Crippen molar-refractivity contribution in [3.8, 4) is 0 Å². The summed E-state index contributed by atoms with van der Waals surface area (Å²) in [5, 5.41) is 9.62. The van der Waals surface area contributed by atoms with E-state index in [2.05, 4.69) is 15.4 Å². The highest BCUT2D eigenvalue weighted by molar-refractivity contribution is 7.09. The van der Waals surface area contributed by atoms with Crippen LogP contribution in [0.3, 0.4) is 0 Å². The zero-order valence-electron chi connectivity index (χ0n) is 9.97. The quantitative estimate of drug-likeness (QED) is 0.901. The van der Waals surface area contributed by atoms with Crippen LogP contribution in [0.4, 0.5) is 0 Å². The zero-order valence-corrected chi connectivity index (χ0v) is 10.8. The number of carbonyl (C=O) groups is 1. The summed E-state index contributed by atoms with van der Waals surface area (Å²) in [7, 11) is 1.85. The fraction of sp³-hybridized carbons (Fsp3) is 0.364. The first-order valence-electron chi connectivity index (χ1n) is 5.28. The molecule has 0 fully saturated rings. The minimum Gasteiger partial charge on any atom is -0.344 e. The van der Waals surface area contributed by atoms with E-state index in [1.807, 2.05) is 27.1 Å². The molecule has 0 radical (unpaired) electrons. The zero-order chi connectivity index (χ0) is 12.4. The minimum absolute atomic E-state index is 0.0711. The van der Waals surface area contributed by atoms with E-state index in [1.54, 1.807) is 16.3 Å². The van der Waals surface area contributed by atoms with Gasteiger partial charge in [0.05, 0.1) is 17.2 Å². The summed E-state index contributed by atoms with van der Waals surface area (Å²) < 4.78 is 1.71. The SMILES string of the molecule is Cc1nc(C(=O)NC(C)c2cnn(C)c2)cs1. The van der Waals surface area contributed by atoms with Crippen molar-refractivity contribution in [1.29, 1.82) is 0 Å². The van der Waals surface area contributed by atoms with Crippen molar-refractivity contribution in [2.24, 2.45) is 7.05 Å². The average Bonchev–Trinajstić information content (AvgIpc) is 2.87. The van der Waals surface area contributed by atoms with Gasteiger partial charge in [-0.1, -0.05) is 0 Å². The second-order valence-corrected chi connectivity index (χ2v) is 4.96. The highest BCUT2D eigenvalue weighted by Gasteiger charge is 2.14. The van der Waals surface area contributed by atoms with Crippen LogP contribution in [0.5, 0.6) is 0 Å². The van der Waals surface area contributed by atoms with Crippen LogP contribution in [0, 0.1) is 6.92 Å². The van der Waals surface area contributed by atoms with Crippen LogP contribution in [-0.2, 0) is 7.05 Å². The second-order valence-electron chi connectivity index (χ2n) is 3.89. The van der Waals surface area contributed by atoms with Crippen LogP contribution in [0.2, 0.25) is 0 Å². The lowest BCUT2D eigenvalue weighted by atomic mass is 10.2. The van der Waals surface area contributed by atoms with E-state index in [0.717, 1.165) is 10.6 Å². The van der Waals surface area contributed by atoms with E-state index in [0.29, 0.717) is 5.69 Å². The van der Waals surface area contributed by atoms with Gasteiger partial charge in [0.1, 0.15) is 5.69 Å². The summed E-state index contributed by atoms with van der Waals surface area (Å²) in [6.45, 7) is 3.81. The van der Waals surface area contributed by atoms with Crippen molar-refractivity contribution in [3.63, 3.8) is 0 Å². The fourth-order valence-corrected chi connectivity index (χ4v) is 2.08. The second kappa shape index (κ2) is 4.67. The highest BCUT2D eigenvalue weighted by atomic mass is 32.1. The Hall–Kier alpha value is -1.69. The first kappa shape index (κ1) is 11.8. The number of thiazole rings is 1. The maximum atomic E-state index is 11.9. The molecule has 1 unspecified atom stereocenters. The fourth-order valence-electron chi connectivity index (χ4n) is 1.49. The molecule has 17 heavy (non-hydrogen) atoms. The van der Waals surface area contributed by atoms with E-state index < -0.39 is 0 Å². The number of aryl methyl sites for hydroxylation is 2. The Morgan fingerprint density at radius 2 is 2.35 bits per heavy atom. The van der Waals surface area contributed by atoms with Crippen molar-refractivity contribution in [3.05, 3.63) is 34.0 Å². The number of hydrogen-bond acceptors (Lipinski definition) is 4. The largest absolute Gasteiger partial charge is 0.344 e. The van der Waals surface area contributed by atoms with Gasteiger partial charge >= 0.3 is 0 Å². The Balaban J connectivity index is 2.04. The molecule has 2 aromatic heterocycles. The lowest BCUT2D eigenvalue weighted by molar-refractivity contribution is 0.0935. The number of amides is 1. The van der Waals surface area contributed by atoms with Gasteiger partial charge in [0, 0.05) is 24.2 Å². The maximum Gasteiger partial charge on any atom is 0.271 e. The van der Waals surface area contributed by atoms with E-state index in [-0.39, 0.29) is 11.9 Å². The predicted molar refractivity (Wildman–Crippen MR) is 65.9 cm³/mol. The monoisotopic (exact) mass is 250 g/mol. The molecule has 0 bridgehead atoms. The number of rotatable bonds is 3. The third-order valence-corrected chi connectivity index (χ3v) is 3.20. The summed E-state index contributed by atoms with van der Waals surface area (Å²) in [4.78, 5) is 16.0. The third kappa shape index (κ3) is 2.71. The minimum atomic E-state index is -0.147. The van der Waals surface area contributed by atoms with Crippen LogP contribution in [0.25, 0.3) is 0 Å². The molecule has 0 spiro atoms. The third-order valence-electron chi connectivity index (χ3n) is 2.42. The van der Waals surface area contributed by atoms with Gasteiger partial charge in [0.15, 0.2) is 0 Å². The molecule has 0 saturated heterocycles. The van der Waals surface area contributed by atoms with Crippen LogP contribution >= 0.6 is 11.3 Å². The van der Waals surface area contributed by atoms with Gasteiger partial charge in [-0.3, -0.25) is 9.48 Å². The van der Waals surface area contributed by atoms with Gasteiger partial charge in [-0.05, 0) is 13.8 Å². The van der Waals surface area contributed by atoms with E-state index >= 15 is 0 Å². The molecule has 2 heterocycles. The molecule has 6 heteroatoms. The number of nitrogens with one attached hydrogen (secondary N) is 1. The van der Waals surface area contributed by atoms with Gasteiger partial charge in [0.25, 0.3) is 5.91 Å².